The molecule has 0 radical (unpaired) electrons. The maximum atomic E-state index is 11.6. The van der Waals surface area contributed by atoms with E-state index in [1.807, 2.05) is 13.8 Å². The average Bonchev–Trinajstić information content (AvgIpc) is 2.31. The van der Waals surface area contributed by atoms with Gasteiger partial charge in [0.05, 0.1) is 6.10 Å². The molecule has 2 atom stereocenters. The Kier molecular flexibility index (Phi) is 8.26. The number of hydrogen-bond acceptors (Lipinski definition) is 2. The number of carbonyl (C=O) groups excluding carboxylic acids is 1. The first-order chi connectivity index (χ1) is 7.54. The van der Waals surface area contributed by atoms with Crippen molar-refractivity contribution in [2.45, 2.75) is 59.5 Å². The van der Waals surface area contributed by atoms with Crippen LogP contribution in [0, 0.1) is 11.8 Å². The molecule has 2 unspecified atom stereocenters. The van der Waals surface area contributed by atoms with E-state index in [9.17, 15) is 9.90 Å². The van der Waals surface area contributed by atoms with Crippen molar-refractivity contribution in [2.75, 3.05) is 6.54 Å². The lowest BCUT2D eigenvalue weighted by atomic mass is 9.98. The number of amides is 1. The molecule has 0 spiro atoms. The summed E-state index contributed by atoms with van der Waals surface area (Å²) in [6, 6.07) is 0. The minimum Gasteiger partial charge on any atom is -0.391 e. The highest BCUT2D eigenvalue weighted by Crippen LogP contribution is 2.12. The van der Waals surface area contributed by atoms with Gasteiger partial charge in [0.1, 0.15) is 0 Å². The van der Waals surface area contributed by atoms with E-state index < -0.39 is 6.10 Å². The molecule has 16 heavy (non-hydrogen) atoms. The predicted octanol–water partition coefficient (Wildman–Crippen LogP) is 2.34. The van der Waals surface area contributed by atoms with Crippen LogP contribution in [0.4, 0.5) is 0 Å². The van der Waals surface area contributed by atoms with Crippen LogP contribution < -0.4 is 5.32 Å². The SMILES string of the molecule is CCC(CC)CC(=O)NCC(O)C(C)CC. The molecule has 2 N–H and O–H groups in total. The van der Waals surface area contributed by atoms with E-state index in [0.29, 0.717) is 18.9 Å². The monoisotopic (exact) mass is 229 g/mol. The summed E-state index contributed by atoms with van der Waals surface area (Å²) in [5.74, 6) is 0.783. The Bertz CT molecular complexity index is 190. The van der Waals surface area contributed by atoms with Gasteiger partial charge >= 0.3 is 0 Å². The van der Waals surface area contributed by atoms with Gasteiger partial charge in [0, 0.05) is 13.0 Å². The first kappa shape index (κ1) is 15.4. The maximum absolute atomic E-state index is 11.6. The molecule has 0 aromatic carbocycles. The number of nitrogens with one attached hydrogen (secondary N) is 1. The van der Waals surface area contributed by atoms with Gasteiger partial charge in [-0.1, -0.05) is 47.0 Å². The zero-order chi connectivity index (χ0) is 12.6. The third kappa shape index (κ3) is 6.11. The first-order valence-corrected chi connectivity index (χ1v) is 6.49. The number of carbonyl (C=O) groups is 1. The van der Waals surface area contributed by atoms with E-state index in [1.165, 1.54) is 0 Å². The third-order valence-electron chi connectivity index (χ3n) is 3.44. The fourth-order valence-electron chi connectivity index (χ4n) is 1.60. The Morgan fingerprint density at radius 3 is 2.19 bits per heavy atom. The molecule has 0 aliphatic heterocycles. The van der Waals surface area contributed by atoms with E-state index >= 15 is 0 Å². The first-order valence-electron chi connectivity index (χ1n) is 6.49. The van der Waals surface area contributed by atoms with Crippen molar-refractivity contribution in [3.05, 3.63) is 0 Å². The van der Waals surface area contributed by atoms with Crippen molar-refractivity contribution < 1.29 is 9.90 Å². The molecule has 0 heterocycles. The lowest BCUT2D eigenvalue weighted by Crippen LogP contribution is -2.36. The van der Waals surface area contributed by atoms with Crippen molar-refractivity contribution >= 4 is 5.91 Å². The minimum atomic E-state index is -0.421. The molecule has 0 saturated heterocycles. The van der Waals surface area contributed by atoms with Crippen molar-refractivity contribution in [3.8, 4) is 0 Å². The summed E-state index contributed by atoms with van der Waals surface area (Å²) in [4.78, 5) is 11.6. The van der Waals surface area contributed by atoms with Crippen molar-refractivity contribution in [3.63, 3.8) is 0 Å². The molecule has 1 amide bonds. The van der Waals surface area contributed by atoms with Crippen molar-refractivity contribution in [2.24, 2.45) is 11.8 Å². The topological polar surface area (TPSA) is 49.3 Å². The van der Waals surface area contributed by atoms with Crippen LogP contribution in [0.1, 0.15) is 53.4 Å². The molecule has 3 nitrogen and oxygen atoms in total. The van der Waals surface area contributed by atoms with Crippen LogP contribution in [0.15, 0.2) is 0 Å². The molecule has 0 rings (SSSR count). The van der Waals surface area contributed by atoms with E-state index in [4.69, 9.17) is 0 Å². The maximum Gasteiger partial charge on any atom is 0.220 e. The molecule has 0 aromatic heterocycles. The molecule has 0 bridgehead atoms. The second kappa shape index (κ2) is 8.57. The summed E-state index contributed by atoms with van der Waals surface area (Å²) in [5.41, 5.74) is 0. The summed E-state index contributed by atoms with van der Waals surface area (Å²) in [7, 11) is 0. The smallest absolute Gasteiger partial charge is 0.220 e. The Hall–Kier alpha value is -0.570. The predicted molar refractivity (Wildman–Crippen MR) is 67.2 cm³/mol. The molecule has 3 heteroatoms. The van der Waals surface area contributed by atoms with Gasteiger partial charge in [0.15, 0.2) is 0 Å². The Labute approximate surface area is 99.6 Å². The molecule has 0 aliphatic rings. The van der Waals surface area contributed by atoms with Gasteiger partial charge in [-0.2, -0.15) is 0 Å². The largest absolute Gasteiger partial charge is 0.391 e. The third-order valence-corrected chi connectivity index (χ3v) is 3.44. The summed E-state index contributed by atoms with van der Waals surface area (Å²) < 4.78 is 0. The minimum absolute atomic E-state index is 0.0658. The van der Waals surface area contributed by atoms with Crippen molar-refractivity contribution in [1.82, 2.24) is 5.32 Å². The normalized spacial score (nSPS) is 14.9. The Morgan fingerprint density at radius 1 is 1.19 bits per heavy atom. The standard InChI is InChI=1S/C13H27NO2/c1-5-10(4)12(15)9-14-13(16)8-11(6-2)7-3/h10-12,15H,5-9H2,1-4H3,(H,14,16). The molecular weight excluding hydrogens is 202 g/mol. The highest BCUT2D eigenvalue weighted by Gasteiger charge is 2.14. The van der Waals surface area contributed by atoms with Gasteiger partial charge in [-0.05, 0) is 11.8 Å². The zero-order valence-corrected chi connectivity index (χ0v) is 11.1. The zero-order valence-electron chi connectivity index (χ0n) is 11.1. The van der Waals surface area contributed by atoms with E-state index in [1.54, 1.807) is 0 Å². The summed E-state index contributed by atoms with van der Waals surface area (Å²) in [5, 5.41) is 12.5. The second-order valence-corrected chi connectivity index (χ2v) is 4.64. The fraction of sp³-hybridized carbons (Fsp3) is 0.923. The van der Waals surface area contributed by atoms with E-state index in [2.05, 4.69) is 19.2 Å². The second-order valence-electron chi connectivity index (χ2n) is 4.64. The average molecular weight is 229 g/mol. The fourth-order valence-corrected chi connectivity index (χ4v) is 1.60. The Balaban J connectivity index is 3.80. The highest BCUT2D eigenvalue weighted by atomic mass is 16.3. The number of hydrogen-bond donors (Lipinski definition) is 2. The molecule has 0 aromatic rings. The number of rotatable bonds is 8. The van der Waals surface area contributed by atoms with E-state index in [0.717, 1.165) is 19.3 Å². The lowest BCUT2D eigenvalue weighted by molar-refractivity contribution is -0.122. The number of aliphatic hydroxyl groups is 1. The Morgan fingerprint density at radius 2 is 1.75 bits per heavy atom. The highest BCUT2D eigenvalue weighted by molar-refractivity contribution is 5.76. The van der Waals surface area contributed by atoms with Crippen LogP contribution in [-0.2, 0) is 4.79 Å². The summed E-state index contributed by atoms with van der Waals surface area (Å²) >= 11 is 0. The quantitative estimate of drug-likeness (QED) is 0.671. The molecular formula is C13H27NO2. The van der Waals surface area contributed by atoms with E-state index in [-0.39, 0.29) is 11.8 Å². The van der Waals surface area contributed by atoms with Gasteiger partial charge in [0.25, 0.3) is 0 Å². The number of aliphatic hydroxyl groups excluding tert-OH is 1. The van der Waals surface area contributed by atoms with Crippen LogP contribution in [-0.4, -0.2) is 23.7 Å². The van der Waals surface area contributed by atoms with Gasteiger partial charge < -0.3 is 10.4 Å². The van der Waals surface area contributed by atoms with Crippen LogP contribution in [0.25, 0.3) is 0 Å². The summed E-state index contributed by atoms with van der Waals surface area (Å²) in [6.45, 7) is 8.64. The van der Waals surface area contributed by atoms with Gasteiger partial charge in [-0.15, -0.1) is 0 Å². The summed E-state index contributed by atoms with van der Waals surface area (Å²) in [6.07, 6.45) is 3.18. The molecule has 0 aliphatic carbocycles. The van der Waals surface area contributed by atoms with Crippen LogP contribution in [0.2, 0.25) is 0 Å². The molecule has 96 valence electrons. The van der Waals surface area contributed by atoms with Gasteiger partial charge in [-0.3, -0.25) is 4.79 Å². The van der Waals surface area contributed by atoms with Crippen LogP contribution in [0.3, 0.4) is 0 Å². The molecule has 0 fully saturated rings. The van der Waals surface area contributed by atoms with Crippen molar-refractivity contribution in [1.29, 1.82) is 0 Å². The molecule has 0 saturated carbocycles. The van der Waals surface area contributed by atoms with Crippen LogP contribution >= 0.6 is 0 Å². The van der Waals surface area contributed by atoms with Gasteiger partial charge in [-0.25, -0.2) is 0 Å². The van der Waals surface area contributed by atoms with Crippen LogP contribution in [0.5, 0.6) is 0 Å². The lowest BCUT2D eigenvalue weighted by Gasteiger charge is -2.18. The van der Waals surface area contributed by atoms with Gasteiger partial charge in [0.2, 0.25) is 5.91 Å².